The first kappa shape index (κ1) is 21.6. The molecule has 2 aromatic rings. The van der Waals surface area contributed by atoms with Gasteiger partial charge in [-0.1, -0.05) is 49.6 Å². The highest BCUT2D eigenvalue weighted by molar-refractivity contribution is 7.17. The first-order valence-corrected chi connectivity index (χ1v) is 12.0. The van der Waals surface area contributed by atoms with Gasteiger partial charge >= 0.3 is 5.97 Å². The maximum Gasteiger partial charge on any atom is 0.341 e. The van der Waals surface area contributed by atoms with Crippen molar-refractivity contribution in [3.8, 4) is 6.07 Å². The molecule has 0 aliphatic heterocycles. The standard InChI is InChI=1S/C25H28N2O3S/c1-2-30-24(29)21-19-13-14-25(16-26,18-11-7-4-8-12-18)15-20(19)31-23(21)27-22(28)17-9-5-3-6-10-17/h4,7-8,11-12,17H,2-3,5-6,9-10,13-15H2,1H3,(H,27,28). The highest BCUT2D eigenvalue weighted by Gasteiger charge is 2.40. The molecule has 1 unspecified atom stereocenters. The topological polar surface area (TPSA) is 79.2 Å². The summed E-state index contributed by atoms with van der Waals surface area (Å²) in [4.78, 5) is 26.7. The Labute approximate surface area is 187 Å². The number of anilines is 1. The van der Waals surface area contributed by atoms with E-state index in [1.165, 1.54) is 17.8 Å². The van der Waals surface area contributed by atoms with Crippen molar-refractivity contribution >= 4 is 28.2 Å². The van der Waals surface area contributed by atoms with Crippen molar-refractivity contribution in [2.24, 2.45) is 5.92 Å². The Morgan fingerprint density at radius 2 is 1.97 bits per heavy atom. The Bertz CT molecular complexity index is 1000. The Kier molecular flexibility index (Phi) is 6.43. The molecule has 1 amide bonds. The van der Waals surface area contributed by atoms with Crippen LogP contribution < -0.4 is 5.32 Å². The Morgan fingerprint density at radius 1 is 1.23 bits per heavy atom. The number of hydrogen-bond donors (Lipinski definition) is 1. The number of fused-ring (bicyclic) bond motifs is 1. The van der Waals surface area contributed by atoms with Gasteiger partial charge in [-0.2, -0.15) is 5.26 Å². The van der Waals surface area contributed by atoms with E-state index in [0.717, 1.165) is 41.7 Å². The summed E-state index contributed by atoms with van der Waals surface area (Å²) in [5, 5.41) is 13.7. The quantitative estimate of drug-likeness (QED) is 0.637. The molecule has 0 bridgehead atoms. The molecule has 6 heteroatoms. The molecule has 1 saturated carbocycles. The average molecular weight is 437 g/mol. The minimum absolute atomic E-state index is 0.00143. The second-order valence-corrected chi connectivity index (χ2v) is 9.59. The third-order valence-electron chi connectivity index (χ3n) is 6.59. The van der Waals surface area contributed by atoms with Crippen LogP contribution in [0.3, 0.4) is 0 Å². The number of ether oxygens (including phenoxy) is 1. The lowest BCUT2D eigenvalue weighted by Gasteiger charge is -2.31. The van der Waals surface area contributed by atoms with Crippen molar-refractivity contribution in [3.05, 3.63) is 51.9 Å². The summed E-state index contributed by atoms with van der Waals surface area (Å²) in [6.07, 6.45) is 6.92. The molecule has 162 valence electrons. The molecule has 1 atom stereocenters. The number of carbonyl (C=O) groups is 2. The van der Waals surface area contributed by atoms with Crippen molar-refractivity contribution in [1.29, 1.82) is 5.26 Å². The van der Waals surface area contributed by atoms with Crippen LogP contribution in [0.5, 0.6) is 0 Å². The first-order valence-electron chi connectivity index (χ1n) is 11.2. The van der Waals surface area contributed by atoms with Crippen molar-refractivity contribution in [2.45, 2.75) is 63.7 Å². The first-order chi connectivity index (χ1) is 15.1. The van der Waals surface area contributed by atoms with Crippen molar-refractivity contribution in [3.63, 3.8) is 0 Å². The number of esters is 1. The lowest BCUT2D eigenvalue weighted by atomic mass is 9.70. The second kappa shape index (κ2) is 9.23. The fourth-order valence-electron chi connectivity index (χ4n) is 4.87. The zero-order valence-electron chi connectivity index (χ0n) is 17.9. The monoisotopic (exact) mass is 436 g/mol. The Balaban J connectivity index is 1.68. The van der Waals surface area contributed by atoms with Crippen molar-refractivity contribution in [1.82, 2.24) is 0 Å². The third kappa shape index (κ3) is 4.24. The maximum absolute atomic E-state index is 12.9. The van der Waals surface area contributed by atoms with Gasteiger partial charge in [0.1, 0.15) is 5.00 Å². The van der Waals surface area contributed by atoms with E-state index >= 15 is 0 Å². The van der Waals surface area contributed by atoms with Gasteiger partial charge in [-0.05, 0) is 43.7 Å². The van der Waals surface area contributed by atoms with Gasteiger partial charge in [0.25, 0.3) is 0 Å². The normalized spacial score (nSPS) is 21.0. The summed E-state index contributed by atoms with van der Waals surface area (Å²) in [6, 6.07) is 12.4. The number of rotatable bonds is 5. The molecule has 1 fully saturated rings. The van der Waals surface area contributed by atoms with Crippen LogP contribution in [-0.4, -0.2) is 18.5 Å². The van der Waals surface area contributed by atoms with Gasteiger partial charge in [0.2, 0.25) is 5.91 Å². The molecule has 0 radical (unpaired) electrons. The SMILES string of the molecule is CCOC(=O)c1c(NC(=O)C2CCCCC2)sc2c1CCC(C#N)(c1ccccc1)C2. The predicted octanol–water partition coefficient (Wildman–Crippen LogP) is 5.39. The fourth-order valence-corrected chi connectivity index (χ4v) is 6.22. The van der Waals surface area contributed by atoms with Crippen LogP contribution in [0.25, 0.3) is 0 Å². The Hall–Kier alpha value is -2.65. The zero-order chi connectivity index (χ0) is 21.8. The van der Waals surface area contributed by atoms with E-state index in [4.69, 9.17) is 4.74 Å². The number of benzene rings is 1. The number of thiophene rings is 1. The minimum atomic E-state index is -0.615. The molecule has 31 heavy (non-hydrogen) atoms. The number of nitrogens with one attached hydrogen (secondary N) is 1. The van der Waals surface area contributed by atoms with Crippen LogP contribution in [-0.2, 0) is 27.8 Å². The van der Waals surface area contributed by atoms with Crippen LogP contribution in [0.1, 0.15) is 71.8 Å². The van der Waals surface area contributed by atoms with Gasteiger partial charge in [-0.25, -0.2) is 4.79 Å². The van der Waals surface area contributed by atoms with E-state index in [1.807, 2.05) is 30.3 Å². The molecular formula is C25H28N2O3S. The van der Waals surface area contributed by atoms with Gasteiger partial charge < -0.3 is 10.1 Å². The molecule has 1 N–H and O–H groups in total. The lowest BCUT2D eigenvalue weighted by Crippen LogP contribution is -2.31. The number of amides is 1. The smallest absolute Gasteiger partial charge is 0.341 e. The minimum Gasteiger partial charge on any atom is -0.462 e. The molecule has 4 rings (SSSR count). The summed E-state index contributed by atoms with van der Waals surface area (Å²) in [6.45, 7) is 2.07. The summed E-state index contributed by atoms with van der Waals surface area (Å²) in [5.74, 6) is -0.382. The molecule has 5 nitrogen and oxygen atoms in total. The highest BCUT2D eigenvalue weighted by Crippen LogP contribution is 2.45. The molecule has 1 heterocycles. The van der Waals surface area contributed by atoms with Crippen LogP contribution in [0.15, 0.2) is 30.3 Å². The van der Waals surface area contributed by atoms with Gasteiger partial charge in [0, 0.05) is 17.2 Å². The van der Waals surface area contributed by atoms with E-state index in [9.17, 15) is 14.9 Å². The Morgan fingerprint density at radius 3 is 2.65 bits per heavy atom. The average Bonchev–Trinajstić information content (AvgIpc) is 3.16. The third-order valence-corrected chi connectivity index (χ3v) is 7.73. The summed E-state index contributed by atoms with van der Waals surface area (Å²) < 4.78 is 5.33. The van der Waals surface area contributed by atoms with E-state index < -0.39 is 5.41 Å². The van der Waals surface area contributed by atoms with Gasteiger partial charge in [0.05, 0.1) is 23.7 Å². The van der Waals surface area contributed by atoms with Crippen LogP contribution in [0.4, 0.5) is 5.00 Å². The molecular weight excluding hydrogens is 408 g/mol. The number of carbonyl (C=O) groups excluding carboxylic acids is 2. The summed E-state index contributed by atoms with van der Waals surface area (Å²) in [5.41, 5.74) is 1.81. The van der Waals surface area contributed by atoms with E-state index in [1.54, 1.807) is 6.92 Å². The molecule has 1 aromatic heterocycles. The fraction of sp³-hybridized carbons (Fsp3) is 0.480. The van der Waals surface area contributed by atoms with Crippen molar-refractivity contribution in [2.75, 3.05) is 11.9 Å². The lowest BCUT2D eigenvalue weighted by molar-refractivity contribution is -0.120. The molecule has 2 aliphatic rings. The van der Waals surface area contributed by atoms with Crippen LogP contribution in [0.2, 0.25) is 0 Å². The van der Waals surface area contributed by atoms with E-state index in [2.05, 4.69) is 11.4 Å². The maximum atomic E-state index is 12.9. The van der Waals surface area contributed by atoms with E-state index in [0.29, 0.717) is 29.8 Å². The molecule has 0 saturated heterocycles. The van der Waals surface area contributed by atoms with Gasteiger partial charge in [0.15, 0.2) is 0 Å². The van der Waals surface area contributed by atoms with Gasteiger partial charge in [-0.3, -0.25) is 4.79 Å². The number of hydrogen-bond acceptors (Lipinski definition) is 5. The van der Waals surface area contributed by atoms with Crippen LogP contribution in [0, 0.1) is 17.2 Å². The summed E-state index contributed by atoms with van der Waals surface area (Å²) in [7, 11) is 0. The van der Waals surface area contributed by atoms with E-state index in [-0.39, 0.29) is 24.4 Å². The molecule has 2 aliphatic carbocycles. The second-order valence-electron chi connectivity index (χ2n) is 8.49. The largest absolute Gasteiger partial charge is 0.462 e. The number of nitrogens with zero attached hydrogens (tertiary/aromatic N) is 1. The zero-order valence-corrected chi connectivity index (χ0v) is 18.7. The molecule has 1 aromatic carbocycles. The number of nitriles is 1. The highest BCUT2D eigenvalue weighted by atomic mass is 32.1. The van der Waals surface area contributed by atoms with Gasteiger partial charge in [-0.15, -0.1) is 11.3 Å². The molecule has 0 spiro atoms. The van der Waals surface area contributed by atoms with Crippen LogP contribution >= 0.6 is 11.3 Å². The predicted molar refractivity (Wildman–Crippen MR) is 121 cm³/mol. The van der Waals surface area contributed by atoms with Crippen molar-refractivity contribution < 1.29 is 14.3 Å². The summed E-state index contributed by atoms with van der Waals surface area (Å²) >= 11 is 1.44.